The molecule has 0 bridgehead atoms. The minimum atomic E-state index is -3.59. The van der Waals surface area contributed by atoms with Gasteiger partial charge in [-0.05, 0) is 37.6 Å². The maximum Gasteiger partial charge on any atom is 0.235 e. The Bertz CT molecular complexity index is 901. The molecule has 0 fully saturated rings. The number of benzene rings is 2. The van der Waals surface area contributed by atoms with E-state index >= 15 is 0 Å². The topological polar surface area (TPSA) is 75.7 Å². The molecule has 2 rings (SSSR count). The minimum absolute atomic E-state index is 0.0280. The quantitative estimate of drug-likeness (QED) is 0.671. The predicted octanol–water partition coefficient (Wildman–Crippen LogP) is 2.99. The number of carbonyl (C=O) groups is 1. The van der Waals surface area contributed by atoms with Crippen LogP contribution in [0.1, 0.15) is 18.1 Å². The summed E-state index contributed by atoms with van der Waals surface area (Å²) in [5.74, 6) is 0.306. The maximum atomic E-state index is 12.3. The van der Waals surface area contributed by atoms with E-state index in [1.54, 1.807) is 31.2 Å². The second-order valence-electron chi connectivity index (χ2n) is 6.72. The Hall–Kier alpha value is -2.09. The molecule has 0 spiro atoms. The highest BCUT2D eigenvalue weighted by molar-refractivity contribution is 7.88. The van der Waals surface area contributed by atoms with Crippen LogP contribution in [0.3, 0.4) is 0 Å². The molecule has 0 radical (unpaired) electrons. The van der Waals surface area contributed by atoms with E-state index in [0.29, 0.717) is 16.3 Å². The molecule has 0 aliphatic carbocycles. The number of hydrogen-bond donors (Lipinski definition) is 1. The van der Waals surface area contributed by atoms with Crippen LogP contribution in [0.15, 0.2) is 48.5 Å². The van der Waals surface area contributed by atoms with E-state index in [9.17, 15) is 13.2 Å². The summed E-state index contributed by atoms with van der Waals surface area (Å²) in [4.78, 5) is 12.3. The molecule has 2 aromatic carbocycles. The van der Waals surface area contributed by atoms with Gasteiger partial charge in [0.15, 0.2) is 0 Å². The molecule has 2 aromatic rings. The first-order valence-electron chi connectivity index (χ1n) is 8.82. The monoisotopic (exact) mass is 424 g/mol. The number of nitrogens with zero attached hydrogens (tertiary/aromatic N) is 1. The van der Waals surface area contributed by atoms with Crippen molar-refractivity contribution in [3.8, 4) is 5.75 Å². The Labute approximate surface area is 171 Å². The molecule has 0 unspecified atom stereocenters. The summed E-state index contributed by atoms with van der Waals surface area (Å²) in [5.41, 5.74) is 1.77. The number of aryl methyl sites for hydroxylation is 1. The Morgan fingerprint density at radius 3 is 2.43 bits per heavy atom. The highest BCUT2D eigenvalue weighted by atomic mass is 35.5. The normalized spacial score (nSPS) is 12.6. The van der Waals surface area contributed by atoms with Crippen molar-refractivity contribution < 1.29 is 17.9 Å². The fourth-order valence-electron chi connectivity index (χ4n) is 2.49. The van der Waals surface area contributed by atoms with Gasteiger partial charge in [-0.15, -0.1) is 0 Å². The van der Waals surface area contributed by atoms with Gasteiger partial charge < -0.3 is 10.1 Å². The zero-order valence-corrected chi connectivity index (χ0v) is 17.8. The van der Waals surface area contributed by atoms with Crippen LogP contribution in [0, 0.1) is 6.92 Å². The predicted molar refractivity (Wildman–Crippen MR) is 111 cm³/mol. The van der Waals surface area contributed by atoms with Gasteiger partial charge in [0.2, 0.25) is 15.9 Å². The fraction of sp³-hybridized carbons (Fsp3) is 0.350. The summed E-state index contributed by atoms with van der Waals surface area (Å²) < 4.78 is 30.9. The highest BCUT2D eigenvalue weighted by Crippen LogP contribution is 2.18. The Morgan fingerprint density at radius 1 is 1.18 bits per heavy atom. The van der Waals surface area contributed by atoms with E-state index in [1.807, 2.05) is 31.2 Å². The van der Waals surface area contributed by atoms with Crippen molar-refractivity contribution in [2.24, 2.45) is 0 Å². The van der Waals surface area contributed by atoms with E-state index in [2.05, 4.69) is 5.32 Å². The van der Waals surface area contributed by atoms with Crippen molar-refractivity contribution in [1.82, 2.24) is 9.62 Å². The molecule has 6 nitrogen and oxygen atoms in total. The van der Waals surface area contributed by atoms with Gasteiger partial charge >= 0.3 is 0 Å². The van der Waals surface area contributed by atoms with Crippen LogP contribution >= 0.6 is 11.6 Å². The number of sulfonamides is 1. The molecular weight excluding hydrogens is 400 g/mol. The van der Waals surface area contributed by atoms with E-state index < -0.39 is 15.9 Å². The average Bonchev–Trinajstić information content (AvgIpc) is 2.61. The summed E-state index contributed by atoms with van der Waals surface area (Å²) in [6, 6.07) is 14.3. The number of rotatable bonds is 9. The summed E-state index contributed by atoms with van der Waals surface area (Å²) >= 11 is 6.11. The van der Waals surface area contributed by atoms with Gasteiger partial charge in [0.05, 0.1) is 18.8 Å². The van der Waals surface area contributed by atoms with E-state index in [4.69, 9.17) is 16.3 Å². The van der Waals surface area contributed by atoms with E-state index in [-0.39, 0.29) is 25.7 Å². The lowest BCUT2D eigenvalue weighted by Gasteiger charge is -2.22. The lowest BCUT2D eigenvalue weighted by molar-refractivity contribution is -0.122. The number of halogens is 1. The summed E-state index contributed by atoms with van der Waals surface area (Å²) in [7, 11) is -3.59. The first-order chi connectivity index (χ1) is 13.1. The Kier molecular flexibility index (Phi) is 7.86. The minimum Gasteiger partial charge on any atom is -0.491 e. The van der Waals surface area contributed by atoms with Crippen molar-refractivity contribution in [2.45, 2.75) is 26.4 Å². The average molecular weight is 425 g/mol. The molecule has 1 N–H and O–H groups in total. The largest absolute Gasteiger partial charge is 0.491 e. The molecular formula is C20H25ClN2O4S. The third kappa shape index (κ3) is 7.14. The maximum absolute atomic E-state index is 12.3. The van der Waals surface area contributed by atoms with Gasteiger partial charge in [0.25, 0.3) is 0 Å². The number of amides is 1. The summed E-state index contributed by atoms with van der Waals surface area (Å²) in [5, 5.41) is 3.22. The highest BCUT2D eigenvalue weighted by Gasteiger charge is 2.22. The van der Waals surface area contributed by atoms with Crippen LogP contribution in [0.5, 0.6) is 5.75 Å². The van der Waals surface area contributed by atoms with Crippen LogP contribution in [-0.4, -0.2) is 44.1 Å². The first-order valence-corrected chi connectivity index (χ1v) is 11.0. The molecule has 0 saturated carbocycles. The van der Waals surface area contributed by atoms with Crippen LogP contribution in [0.2, 0.25) is 5.02 Å². The Balaban J connectivity index is 1.91. The molecule has 0 aliphatic heterocycles. The number of carbonyl (C=O) groups excluding carboxylic acids is 1. The molecule has 28 heavy (non-hydrogen) atoms. The van der Waals surface area contributed by atoms with E-state index in [1.165, 1.54) is 0 Å². The zero-order valence-electron chi connectivity index (χ0n) is 16.2. The van der Waals surface area contributed by atoms with Crippen molar-refractivity contribution >= 4 is 27.5 Å². The van der Waals surface area contributed by atoms with Gasteiger partial charge in [-0.25, -0.2) is 8.42 Å². The van der Waals surface area contributed by atoms with E-state index in [0.717, 1.165) is 16.1 Å². The van der Waals surface area contributed by atoms with Crippen LogP contribution < -0.4 is 10.1 Å². The van der Waals surface area contributed by atoms with Crippen molar-refractivity contribution in [3.05, 3.63) is 64.7 Å². The Morgan fingerprint density at radius 2 is 1.82 bits per heavy atom. The first kappa shape index (κ1) is 22.2. The number of nitrogens with one attached hydrogen (secondary N) is 1. The standard InChI is InChI=1S/C20H25ClN2O4S/c1-15-8-10-18(11-9-15)27-14-16(2)22-20(24)13-23(28(3,25)26)12-17-6-4-5-7-19(17)21/h4-11,16H,12-14H2,1-3H3,(H,22,24)/t16-/m1/s1. The summed E-state index contributed by atoms with van der Waals surface area (Å²) in [6.07, 6.45) is 1.07. The second kappa shape index (κ2) is 9.91. The molecule has 0 saturated heterocycles. The molecule has 0 aromatic heterocycles. The SMILES string of the molecule is Cc1ccc(OC[C@@H](C)NC(=O)CN(Cc2ccccc2Cl)S(C)(=O)=O)cc1. The number of ether oxygens (including phenoxy) is 1. The third-order valence-corrected chi connectivity index (χ3v) is 5.59. The zero-order chi connectivity index (χ0) is 20.7. The smallest absolute Gasteiger partial charge is 0.235 e. The van der Waals surface area contributed by atoms with Gasteiger partial charge in [-0.3, -0.25) is 4.79 Å². The molecule has 8 heteroatoms. The lowest BCUT2D eigenvalue weighted by Crippen LogP contribution is -2.44. The van der Waals surface area contributed by atoms with Gasteiger partial charge in [0.1, 0.15) is 12.4 Å². The molecule has 0 heterocycles. The van der Waals surface area contributed by atoms with Crippen molar-refractivity contribution in [2.75, 3.05) is 19.4 Å². The van der Waals surface area contributed by atoms with Crippen molar-refractivity contribution in [3.63, 3.8) is 0 Å². The van der Waals surface area contributed by atoms with Gasteiger partial charge in [-0.2, -0.15) is 4.31 Å². The molecule has 152 valence electrons. The second-order valence-corrected chi connectivity index (χ2v) is 9.10. The van der Waals surface area contributed by atoms with Crippen molar-refractivity contribution in [1.29, 1.82) is 0 Å². The van der Waals surface area contributed by atoms with Crippen LogP contribution in [-0.2, 0) is 21.4 Å². The van der Waals surface area contributed by atoms with Gasteiger partial charge in [-0.1, -0.05) is 47.5 Å². The number of hydrogen-bond acceptors (Lipinski definition) is 4. The third-order valence-electron chi connectivity index (χ3n) is 4.02. The molecule has 0 aliphatic rings. The van der Waals surface area contributed by atoms with Crippen LogP contribution in [0.25, 0.3) is 0 Å². The fourth-order valence-corrected chi connectivity index (χ4v) is 3.41. The molecule has 1 amide bonds. The molecule has 1 atom stereocenters. The lowest BCUT2D eigenvalue weighted by atomic mass is 10.2. The summed E-state index contributed by atoms with van der Waals surface area (Å²) in [6.45, 7) is 3.80. The van der Waals surface area contributed by atoms with Crippen LogP contribution in [0.4, 0.5) is 0 Å². The van der Waals surface area contributed by atoms with Gasteiger partial charge in [0, 0.05) is 11.6 Å².